The quantitative estimate of drug-likeness (QED) is 0.737. The molecule has 19 heavy (non-hydrogen) atoms. The zero-order valence-corrected chi connectivity index (χ0v) is 12.4. The van der Waals surface area contributed by atoms with Crippen molar-refractivity contribution in [3.05, 3.63) is 29.3 Å². The molecular weight excluding hydrogens is 238 g/mol. The molecule has 0 aliphatic rings. The van der Waals surface area contributed by atoms with Crippen LogP contribution in [0, 0.1) is 13.8 Å². The molecule has 0 saturated carbocycles. The summed E-state index contributed by atoms with van der Waals surface area (Å²) in [4.78, 5) is 13.9. The zero-order valence-electron chi connectivity index (χ0n) is 12.4. The van der Waals surface area contributed by atoms with E-state index in [4.69, 9.17) is 0 Å². The molecule has 1 aromatic carbocycles. The van der Waals surface area contributed by atoms with Crippen LogP contribution in [0.5, 0.6) is 0 Å². The van der Waals surface area contributed by atoms with Gasteiger partial charge in [-0.1, -0.05) is 17.7 Å². The maximum Gasteiger partial charge on any atom is 0.225 e. The number of carbonyl (C=O) groups is 1. The Kier molecular flexibility index (Phi) is 6.53. The maximum absolute atomic E-state index is 11.8. The van der Waals surface area contributed by atoms with E-state index in [1.165, 1.54) is 5.56 Å². The molecule has 0 spiro atoms. The maximum atomic E-state index is 11.8. The van der Waals surface area contributed by atoms with E-state index in [2.05, 4.69) is 21.6 Å². The van der Waals surface area contributed by atoms with E-state index in [0.717, 1.165) is 24.3 Å². The third kappa shape index (κ3) is 6.36. The monoisotopic (exact) mass is 263 g/mol. The van der Waals surface area contributed by atoms with Crippen molar-refractivity contribution in [2.75, 3.05) is 39.0 Å². The van der Waals surface area contributed by atoms with E-state index < -0.39 is 0 Å². The standard InChI is InChI=1S/C15H25N3O/c1-12-5-6-14(13(2)11-12)17-15(19)7-8-16-9-10-18(3)4/h5-6,11,16H,7-10H2,1-4H3,(H,17,19). The lowest BCUT2D eigenvalue weighted by Crippen LogP contribution is -2.29. The first kappa shape index (κ1) is 15.7. The van der Waals surface area contributed by atoms with Crippen LogP contribution in [0.3, 0.4) is 0 Å². The molecule has 0 saturated heterocycles. The smallest absolute Gasteiger partial charge is 0.225 e. The molecular formula is C15H25N3O. The second-order valence-electron chi connectivity index (χ2n) is 5.17. The number of rotatable bonds is 7. The van der Waals surface area contributed by atoms with Crippen LogP contribution < -0.4 is 10.6 Å². The van der Waals surface area contributed by atoms with E-state index in [-0.39, 0.29) is 5.91 Å². The third-order valence-electron chi connectivity index (χ3n) is 2.92. The van der Waals surface area contributed by atoms with Crippen LogP contribution in [-0.2, 0) is 4.79 Å². The second kappa shape index (κ2) is 7.92. The molecule has 1 rings (SSSR count). The van der Waals surface area contributed by atoms with Crippen molar-refractivity contribution in [2.24, 2.45) is 0 Å². The lowest BCUT2D eigenvalue weighted by Gasteiger charge is -2.11. The number of aryl methyl sites for hydroxylation is 2. The molecule has 0 bridgehead atoms. The van der Waals surface area contributed by atoms with Gasteiger partial charge in [0.15, 0.2) is 0 Å². The van der Waals surface area contributed by atoms with Gasteiger partial charge >= 0.3 is 0 Å². The molecule has 0 aliphatic carbocycles. The van der Waals surface area contributed by atoms with Crippen molar-refractivity contribution in [1.29, 1.82) is 0 Å². The Hall–Kier alpha value is -1.39. The average Bonchev–Trinajstić information content (AvgIpc) is 2.32. The molecule has 0 fully saturated rings. The van der Waals surface area contributed by atoms with Gasteiger partial charge in [-0.05, 0) is 39.6 Å². The average molecular weight is 263 g/mol. The van der Waals surface area contributed by atoms with Crippen LogP contribution >= 0.6 is 0 Å². The van der Waals surface area contributed by atoms with Crippen LogP contribution in [0.25, 0.3) is 0 Å². The van der Waals surface area contributed by atoms with Crippen LogP contribution in [0.2, 0.25) is 0 Å². The number of hydrogen-bond donors (Lipinski definition) is 2. The molecule has 0 aromatic heterocycles. The normalized spacial score (nSPS) is 10.8. The van der Waals surface area contributed by atoms with Gasteiger partial charge in [0, 0.05) is 31.7 Å². The summed E-state index contributed by atoms with van der Waals surface area (Å²) in [6, 6.07) is 6.05. The predicted octanol–water partition coefficient (Wildman–Crippen LogP) is 1.78. The lowest BCUT2D eigenvalue weighted by molar-refractivity contribution is -0.116. The number of likely N-dealkylation sites (N-methyl/N-ethyl adjacent to an activating group) is 1. The number of carbonyl (C=O) groups excluding carboxylic acids is 1. The zero-order chi connectivity index (χ0) is 14.3. The van der Waals surface area contributed by atoms with Crippen molar-refractivity contribution in [1.82, 2.24) is 10.2 Å². The van der Waals surface area contributed by atoms with Crippen molar-refractivity contribution in [3.63, 3.8) is 0 Å². The minimum atomic E-state index is 0.0595. The molecule has 0 radical (unpaired) electrons. The summed E-state index contributed by atoms with van der Waals surface area (Å²) in [5.74, 6) is 0.0595. The van der Waals surface area contributed by atoms with Gasteiger partial charge in [0.25, 0.3) is 0 Å². The highest BCUT2D eigenvalue weighted by Gasteiger charge is 2.04. The lowest BCUT2D eigenvalue weighted by atomic mass is 10.1. The Morgan fingerprint density at radius 3 is 2.58 bits per heavy atom. The highest BCUT2D eigenvalue weighted by Crippen LogP contribution is 2.15. The fourth-order valence-electron chi connectivity index (χ4n) is 1.80. The first-order valence-corrected chi connectivity index (χ1v) is 6.71. The van der Waals surface area contributed by atoms with E-state index in [1.54, 1.807) is 0 Å². The number of nitrogens with one attached hydrogen (secondary N) is 2. The van der Waals surface area contributed by atoms with Crippen LogP contribution in [0.15, 0.2) is 18.2 Å². The number of benzene rings is 1. The Morgan fingerprint density at radius 1 is 1.21 bits per heavy atom. The molecule has 0 heterocycles. The van der Waals surface area contributed by atoms with E-state index >= 15 is 0 Å². The Bertz CT molecular complexity index is 416. The molecule has 0 atom stereocenters. The predicted molar refractivity (Wildman–Crippen MR) is 80.6 cm³/mol. The molecule has 0 unspecified atom stereocenters. The third-order valence-corrected chi connectivity index (χ3v) is 2.92. The Morgan fingerprint density at radius 2 is 1.95 bits per heavy atom. The van der Waals surface area contributed by atoms with Crippen molar-refractivity contribution in [3.8, 4) is 0 Å². The van der Waals surface area contributed by atoms with Gasteiger partial charge < -0.3 is 15.5 Å². The van der Waals surface area contributed by atoms with Gasteiger partial charge in [-0.3, -0.25) is 4.79 Å². The number of anilines is 1. The topological polar surface area (TPSA) is 44.4 Å². The molecule has 4 nitrogen and oxygen atoms in total. The van der Waals surface area contributed by atoms with Crippen LogP contribution in [0.4, 0.5) is 5.69 Å². The van der Waals surface area contributed by atoms with Gasteiger partial charge in [0.05, 0.1) is 0 Å². The SMILES string of the molecule is Cc1ccc(NC(=O)CCNCCN(C)C)c(C)c1. The Labute approximate surface area is 116 Å². The molecule has 1 aromatic rings. The molecule has 4 heteroatoms. The van der Waals surface area contributed by atoms with Crippen LogP contribution in [-0.4, -0.2) is 44.5 Å². The van der Waals surface area contributed by atoms with Gasteiger partial charge in [-0.2, -0.15) is 0 Å². The number of amides is 1. The minimum Gasteiger partial charge on any atom is -0.326 e. The number of nitrogens with zero attached hydrogens (tertiary/aromatic N) is 1. The van der Waals surface area contributed by atoms with Gasteiger partial charge in [-0.25, -0.2) is 0 Å². The van der Waals surface area contributed by atoms with E-state index in [0.29, 0.717) is 13.0 Å². The summed E-state index contributed by atoms with van der Waals surface area (Å²) < 4.78 is 0. The van der Waals surface area contributed by atoms with Crippen molar-refractivity contribution < 1.29 is 4.79 Å². The molecule has 1 amide bonds. The minimum absolute atomic E-state index is 0.0595. The first-order valence-electron chi connectivity index (χ1n) is 6.71. The van der Waals surface area contributed by atoms with Gasteiger partial charge in [0.2, 0.25) is 5.91 Å². The highest BCUT2D eigenvalue weighted by molar-refractivity contribution is 5.91. The van der Waals surface area contributed by atoms with Crippen LogP contribution in [0.1, 0.15) is 17.5 Å². The fourth-order valence-corrected chi connectivity index (χ4v) is 1.80. The number of hydrogen-bond acceptors (Lipinski definition) is 3. The molecule has 0 aliphatic heterocycles. The van der Waals surface area contributed by atoms with Crippen molar-refractivity contribution in [2.45, 2.75) is 20.3 Å². The van der Waals surface area contributed by atoms with Crippen molar-refractivity contribution >= 4 is 11.6 Å². The van der Waals surface area contributed by atoms with Gasteiger partial charge in [-0.15, -0.1) is 0 Å². The second-order valence-corrected chi connectivity index (χ2v) is 5.17. The fraction of sp³-hybridized carbons (Fsp3) is 0.533. The first-order chi connectivity index (χ1) is 8.99. The summed E-state index contributed by atoms with van der Waals surface area (Å²) >= 11 is 0. The Balaban J connectivity index is 2.27. The largest absolute Gasteiger partial charge is 0.326 e. The summed E-state index contributed by atoms with van der Waals surface area (Å²) in [7, 11) is 4.07. The molecule has 2 N–H and O–H groups in total. The molecule has 106 valence electrons. The van der Waals surface area contributed by atoms with E-state index in [1.807, 2.05) is 40.1 Å². The summed E-state index contributed by atoms with van der Waals surface area (Å²) in [6.07, 6.45) is 0.501. The highest BCUT2D eigenvalue weighted by atomic mass is 16.1. The summed E-state index contributed by atoms with van der Waals surface area (Å²) in [6.45, 7) is 6.67. The van der Waals surface area contributed by atoms with Gasteiger partial charge in [0.1, 0.15) is 0 Å². The van der Waals surface area contributed by atoms with E-state index in [9.17, 15) is 4.79 Å². The summed E-state index contributed by atoms with van der Waals surface area (Å²) in [5, 5.41) is 6.20. The summed E-state index contributed by atoms with van der Waals surface area (Å²) in [5.41, 5.74) is 3.22.